The molecule has 34 heavy (non-hydrogen) atoms. The summed E-state index contributed by atoms with van der Waals surface area (Å²) in [6.45, 7) is 4.13. The van der Waals surface area contributed by atoms with Crippen LogP contribution in [0.25, 0.3) is 34.3 Å². The lowest BCUT2D eigenvalue weighted by atomic mass is 10.1. The summed E-state index contributed by atoms with van der Waals surface area (Å²) in [5.41, 5.74) is 8.73. The van der Waals surface area contributed by atoms with Crippen molar-refractivity contribution in [2.45, 2.75) is 30.5 Å². The van der Waals surface area contributed by atoms with Crippen LogP contribution in [0.1, 0.15) is 23.7 Å². The van der Waals surface area contributed by atoms with Gasteiger partial charge in [-0.25, -0.2) is 9.97 Å². The second-order valence-corrected chi connectivity index (χ2v) is 10.5. The van der Waals surface area contributed by atoms with Gasteiger partial charge in [0.15, 0.2) is 11.5 Å². The standard InChI is InChI=1S/C23H26N6O4S.3H2/c1-13(2)34(31,32)16-7-5-15(6-8-16)18-12-26-21(24)20(27-18)23-29-28-22(33-23)17-9-4-14(11-25-3)10-19(17)30;;;/h4-10,12-13,25,30-32H,11H2,1-3H3,(H2,24,26);3*1H. The first-order valence-electron chi connectivity index (χ1n) is 10.5. The van der Waals surface area contributed by atoms with Crippen molar-refractivity contribution in [2.75, 3.05) is 12.8 Å². The zero-order chi connectivity index (χ0) is 24.5. The fourth-order valence-corrected chi connectivity index (χ4v) is 4.37. The molecule has 6 N–H and O–H groups in total. The van der Waals surface area contributed by atoms with Crippen LogP contribution >= 0.6 is 10.6 Å². The number of aromatic nitrogens is 4. The summed E-state index contributed by atoms with van der Waals surface area (Å²) in [5.74, 6) is 0.311. The van der Waals surface area contributed by atoms with Crippen molar-refractivity contribution >= 4 is 16.4 Å². The van der Waals surface area contributed by atoms with Crippen LogP contribution in [-0.2, 0) is 6.54 Å². The molecule has 4 aromatic rings. The first-order chi connectivity index (χ1) is 16.2. The van der Waals surface area contributed by atoms with E-state index in [1.807, 2.05) is 13.1 Å². The van der Waals surface area contributed by atoms with E-state index in [1.54, 1.807) is 50.2 Å². The normalized spacial score (nSPS) is 12.3. The topological polar surface area (TPSA) is 163 Å². The van der Waals surface area contributed by atoms with Gasteiger partial charge in [-0.05, 0) is 50.7 Å². The minimum Gasteiger partial charge on any atom is -0.507 e. The molecule has 0 amide bonds. The maximum atomic E-state index is 10.4. The molecule has 0 unspecified atom stereocenters. The highest BCUT2D eigenvalue weighted by Crippen LogP contribution is 2.52. The van der Waals surface area contributed by atoms with Crippen molar-refractivity contribution in [3.05, 3.63) is 54.2 Å². The van der Waals surface area contributed by atoms with Crippen LogP contribution in [0.5, 0.6) is 5.75 Å². The average Bonchev–Trinajstić information content (AvgIpc) is 3.29. The molecule has 0 atom stereocenters. The van der Waals surface area contributed by atoms with Gasteiger partial charge in [0, 0.05) is 21.6 Å². The number of nitrogens with two attached hydrogens (primary N) is 1. The third-order valence-electron chi connectivity index (χ3n) is 5.26. The molecule has 0 radical (unpaired) electrons. The van der Waals surface area contributed by atoms with E-state index in [4.69, 9.17) is 10.2 Å². The van der Waals surface area contributed by atoms with Crippen LogP contribution < -0.4 is 11.1 Å². The maximum absolute atomic E-state index is 10.4. The number of nitrogens with zero attached hydrogens (tertiary/aromatic N) is 4. The summed E-state index contributed by atoms with van der Waals surface area (Å²) in [5, 5.41) is 21.2. The number of nitrogen functional groups attached to an aromatic ring is 1. The van der Waals surface area contributed by atoms with Gasteiger partial charge < -0.3 is 20.6 Å². The highest BCUT2D eigenvalue weighted by Gasteiger charge is 2.21. The Morgan fingerprint density at radius 2 is 1.79 bits per heavy atom. The van der Waals surface area contributed by atoms with Crippen LogP contribution in [0.2, 0.25) is 0 Å². The Labute approximate surface area is 202 Å². The number of phenolic OH excluding ortho intramolecular Hbond substituents is 1. The van der Waals surface area contributed by atoms with Gasteiger partial charge in [-0.1, -0.05) is 18.2 Å². The molecular formula is C23H32N6O4S. The van der Waals surface area contributed by atoms with Crippen molar-refractivity contribution in [2.24, 2.45) is 0 Å². The SMILES string of the molecule is CNCc1ccc(-c2nnc(-c3nc(-c4ccc(S(O)(O)C(C)C)cc4)cnc3N)o2)c(O)c1.[HH].[HH].[HH]. The average molecular weight is 489 g/mol. The Hall–Kier alpha value is -3.51. The molecule has 2 aromatic heterocycles. The lowest BCUT2D eigenvalue weighted by Gasteiger charge is -2.36. The number of benzene rings is 2. The lowest BCUT2D eigenvalue weighted by Crippen LogP contribution is -2.10. The third-order valence-corrected chi connectivity index (χ3v) is 7.54. The highest BCUT2D eigenvalue weighted by atomic mass is 32.3. The van der Waals surface area contributed by atoms with Crippen LogP contribution in [0.3, 0.4) is 0 Å². The van der Waals surface area contributed by atoms with E-state index >= 15 is 0 Å². The number of hydrogen-bond acceptors (Lipinski definition) is 10. The van der Waals surface area contributed by atoms with Crippen LogP contribution in [-0.4, -0.2) is 46.7 Å². The highest BCUT2D eigenvalue weighted by molar-refractivity contribution is 8.24. The molecule has 10 nitrogen and oxygen atoms in total. The predicted octanol–water partition coefficient (Wildman–Crippen LogP) is 5.12. The Morgan fingerprint density at radius 3 is 2.44 bits per heavy atom. The fourth-order valence-electron chi connectivity index (χ4n) is 3.29. The molecule has 0 aliphatic carbocycles. The van der Waals surface area contributed by atoms with Gasteiger partial charge in [-0.2, -0.15) is 10.6 Å². The summed E-state index contributed by atoms with van der Waals surface area (Å²) in [7, 11) is -1.06. The molecule has 4 rings (SSSR count). The predicted molar refractivity (Wildman–Crippen MR) is 138 cm³/mol. The molecule has 0 aliphatic heterocycles. The molecule has 0 spiro atoms. The minimum atomic E-state index is -2.88. The minimum absolute atomic E-state index is 0. The lowest BCUT2D eigenvalue weighted by molar-refractivity contribution is 0.472. The van der Waals surface area contributed by atoms with Crippen molar-refractivity contribution in [1.82, 2.24) is 25.5 Å². The first-order valence-corrected chi connectivity index (χ1v) is 12.1. The summed E-state index contributed by atoms with van der Waals surface area (Å²) in [4.78, 5) is 9.19. The van der Waals surface area contributed by atoms with E-state index < -0.39 is 10.6 Å². The van der Waals surface area contributed by atoms with Crippen molar-refractivity contribution < 1.29 is 22.9 Å². The van der Waals surface area contributed by atoms with E-state index in [2.05, 4.69) is 25.5 Å². The molecule has 0 bridgehead atoms. The zero-order valence-electron chi connectivity index (χ0n) is 18.9. The Kier molecular flexibility index (Phi) is 6.53. The smallest absolute Gasteiger partial charge is 0.270 e. The van der Waals surface area contributed by atoms with E-state index in [0.717, 1.165) is 5.56 Å². The number of nitrogens with one attached hydrogen (secondary N) is 1. The van der Waals surface area contributed by atoms with Gasteiger partial charge in [-0.15, -0.1) is 10.2 Å². The number of aromatic hydroxyl groups is 1. The van der Waals surface area contributed by atoms with Gasteiger partial charge >= 0.3 is 0 Å². The summed E-state index contributed by atoms with van der Waals surface area (Å²) in [6.07, 6.45) is 1.51. The molecular weight excluding hydrogens is 456 g/mol. The Balaban J connectivity index is 0.00000228. The molecule has 0 aliphatic rings. The Morgan fingerprint density at radius 1 is 1.09 bits per heavy atom. The molecule has 0 fully saturated rings. The number of hydrogen-bond donors (Lipinski definition) is 5. The summed E-state index contributed by atoms with van der Waals surface area (Å²) >= 11 is 0. The van der Waals surface area contributed by atoms with Gasteiger partial charge in [-0.3, -0.25) is 9.11 Å². The van der Waals surface area contributed by atoms with Crippen molar-refractivity contribution in [1.29, 1.82) is 0 Å². The quantitative estimate of drug-likeness (QED) is 0.236. The van der Waals surface area contributed by atoms with Gasteiger partial charge in [0.25, 0.3) is 11.8 Å². The van der Waals surface area contributed by atoms with Crippen LogP contribution in [0, 0.1) is 0 Å². The van der Waals surface area contributed by atoms with E-state index in [1.165, 1.54) is 6.20 Å². The molecule has 184 valence electrons. The fraction of sp³-hybridized carbons (Fsp3) is 0.217. The molecule has 0 saturated carbocycles. The summed E-state index contributed by atoms with van der Waals surface area (Å²) in [6, 6.07) is 12.0. The molecule has 11 heteroatoms. The van der Waals surface area contributed by atoms with Crippen molar-refractivity contribution in [3.8, 4) is 40.0 Å². The third kappa shape index (κ3) is 4.59. The summed E-state index contributed by atoms with van der Waals surface area (Å²) < 4.78 is 26.5. The van der Waals surface area contributed by atoms with E-state index in [0.29, 0.717) is 28.3 Å². The Bertz CT molecular complexity index is 1320. The second-order valence-electron chi connectivity index (χ2n) is 7.95. The van der Waals surface area contributed by atoms with Crippen LogP contribution in [0.15, 0.2) is 58.0 Å². The molecule has 2 aromatic carbocycles. The number of phenols is 1. The number of anilines is 1. The number of rotatable bonds is 7. The van der Waals surface area contributed by atoms with Gasteiger partial charge in [0.2, 0.25) is 0 Å². The van der Waals surface area contributed by atoms with Gasteiger partial charge in [0.05, 0.1) is 22.3 Å². The largest absolute Gasteiger partial charge is 0.507 e. The zero-order valence-corrected chi connectivity index (χ0v) is 19.7. The van der Waals surface area contributed by atoms with E-state index in [9.17, 15) is 14.2 Å². The monoisotopic (exact) mass is 488 g/mol. The van der Waals surface area contributed by atoms with Crippen LogP contribution in [0.4, 0.5) is 5.82 Å². The second kappa shape index (κ2) is 9.39. The van der Waals surface area contributed by atoms with E-state index in [-0.39, 0.29) is 38.6 Å². The molecule has 2 heterocycles. The maximum Gasteiger partial charge on any atom is 0.270 e. The van der Waals surface area contributed by atoms with Gasteiger partial charge in [0.1, 0.15) is 5.75 Å². The van der Waals surface area contributed by atoms with Crippen molar-refractivity contribution in [3.63, 3.8) is 0 Å². The first kappa shape index (κ1) is 23.6. The molecule has 0 saturated heterocycles.